The Morgan fingerprint density at radius 1 is 1.15 bits per heavy atom. The summed E-state index contributed by atoms with van der Waals surface area (Å²) in [6.45, 7) is 7.29. The molecule has 2 heterocycles. The van der Waals surface area contributed by atoms with Gasteiger partial charge in [-0.05, 0) is 37.4 Å². The average molecular weight is 380 g/mol. The van der Waals surface area contributed by atoms with Crippen molar-refractivity contribution in [3.63, 3.8) is 0 Å². The fourth-order valence-electron chi connectivity index (χ4n) is 3.77. The number of benzene rings is 1. The van der Waals surface area contributed by atoms with Crippen LogP contribution in [0, 0.1) is 0 Å². The van der Waals surface area contributed by atoms with Crippen molar-refractivity contribution < 1.29 is 9.53 Å². The predicted octanol–water partition coefficient (Wildman–Crippen LogP) is 3.34. The lowest BCUT2D eigenvalue weighted by Gasteiger charge is -2.26. The van der Waals surface area contributed by atoms with Gasteiger partial charge >= 0.3 is 6.03 Å². The van der Waals surface area contributed by atoms with Crippen molar-refractivity contribution in [2.75, 3.05) is 52.5 Å². The van der Waals surface area contributed by atoms with Crippen molar-refractivity contribution in [1.29, 1.82) is 0 Å². The Balaban J connectivity index is 1.29. The molecule has 1 N–H and O–H groups in total. The summed E-state index contributed by atoms with van der Waals surface area (Å²) in [5.74, 6) is 0.350. The molecule has 0 saturated carbocycles. The lowest BCUT2D eigenvalue weighted by atomic mass is 9.98. The molecule has 0 spiro atoms. The van der Waals surface area contributed by atoms with Crippen LogP contribution in [0.1, 0.15) is 37.2 Å². The Kier molecular flexibility index (Phi) is 7.59. The van der Waals surface area contributed by atoms with Gasteiger partial charge in [0.25, 0.3) is 0 Å². The summed E-state index contributed by atoms with van der Waals surface area (Å²) in [6.07, 6.45) is 4.36. The van der Waals surface area contributed by atoms with Crippen LogP contribution in [0.2, 0.25) is 5.02 Å². The van der Waals surface area contributed by atoms with Crippen LogP contribution in [0.4, 0.5) is 4.79 Å². The van der Waals surface area contributed by atoms with Crippen molar-refractivity contribution in [1.82, 2.24) is 15.1 Å². The number of carbonyl (C=O) groups is 1. The zero-order valence-corrected chi connectivity index (χ0v) is 16.2. The molecular weight excluding hydrogens is 350 g/mol. The van der Waals surface area contributed by atoms with E-state index in [1.807, 2.05) is 23.1 Å². The molecule has 0 bridgehead atoms. The molecule has 2 saturated heterocycles. The highest BCUT2D eigenvalue weighted by molar-refractivity contribution is 6.31. The molecule has 0 radical (unpaired) electrons. The molecule has 6 heteroatoms. The summed E-state index contributed by atoms with van der Waals surface area (Å²) in [4.78, 5) is 16.7. The van der Waals surface area contributed by atoms with E-state index in [0.29, 0.717) is 5.92 Å². The SMILES string of the molecule is O=C(NCCCCCN1CCOCC1)N1CC[C@@H](c2ccccc2Cl)C1. The van der Waals surface area contributed by atoms with Gasteiger partial charge in [-0.3, -0.25) is 4.90 Å². The first-order valence-electron chi connectivity index (χ1n) is 9.81. The highest BCUT2D eigenvalue weighted by Crippen LogP contribution is 2.31. The third kappa shape index (κ3) is 5.60. The third-order valence-corrected chi connectivity index (χ3v) is 5.70. The van der Waals surface area contributed by atoms with Crippen LogP contribution in [0.3, 0.4) is 0 Å². The summed E-state index contributed by atoms with van der Waals surface area (Å²) in [7, 11) is 0. The van der Waals surface area contributed by atoms with Gasteiger partial charge in [-0.15, -0.1) is 0 Å². The van der Waals surface area contributed by atoms with Gasteiger partial charge in [-0.25, -0.2) is 4.79 Å². The Morgan fingerprint density at radius 3 is 2.77 bits per heavy atom. The van der Waals surface area contributed by atoms with E-state index in [1.165, 1.54) is 6.42 Å². The molecule has 0 aliphatic carbocycles. The highest BCUT2D eigenvalue weighted by Gasteiger charge is 2.28. The summed E-state index contributed by atoms with van der Waals surface area (Å²) >= 11 is 6.29. The van der Waals surface area contributed by atoms with Crippen LogP contribution in [-0.4, -0.2) is 68.3 Å². The van der Waals surface area contributed by atoms with Gasteiger partial charge < -0.3 is 15.0 Å². The maximum atomic E-state index is 12.3. The maximum Gasteiger partial charge on any atom is 0.317 e. The third-order valence-electron chi connectivity index (χ3n) is 5.35. The van der Waals surface area contributed by atoms with E-state index in [4.69, 9.17) is 16.3 Å². The molecule has 2 aliphatic heterocycles. The lowest BCUT2D eigenvalue weighted by molar-refractivity contribution is 0.0371. The number of morpholine rings is 1. The van der Waals surface area contributed by atoms with Crippen LogP contribution in [0.25, 0.3) is 0 Å². The van der Waals surface area contributed by atoms with E-state index in [1.54, 1.807) is 0 Å². The second kappa shape index (κ2) is 10.1. The number of likely N-dealkylation sites (tertiary alicyclic amines) is 1. The van der Waals surface area contributed by atoms with Crippen LogP contribution in [0.5, 0.6) is 0 Å². The fraction of sp³-hybridized carbons (Fsp3) is 0.650. The van der Waals surface area contributed by atoms with Gasteiger partial charge in [0.2, 0.25) is 0 Å². The van der Waals surface area contributed by atoms with E-state index in [0.717, 1.165) is 82.3 Å². The van der Waals surface area contributed by atoms with Crippen LogP contribution < -0.4 is 5.32 Å². The maximum absolute atomic E-state index is 12.3. The molecule has 2 amide bonds. The second-order valence-corrected chi connectivity index (χ2v) is 7.61. The molecule has 1 aromatic rings. The van der Waals surface area contributed by atoms with Gasteiger partial charge in [0.15, 0.2) is 0 Å². The number of hydrogen-bond acceptors (Lipinski definition) is 3. The van der Waals surface area contributed by atoms with Crippen LogP contribution in [-0.2, 0) is 4.74 Å². The summed E-state index contributed by atoms with van der Waals surface area (Å²) in [6, 6.07) is 8.03. The second-order valence-electron chi connectivity index (χ2n) is 7.20. The smallest absolute Gasteiger partial charge is 0.317 e. The van der Waals surface area contributed by atoms with Crippen LogP contribution >= 0.6 is 11.6 Å². The van der Waals surface area contributed by atoms with Gasteiger partial charge in [0.1, 0.15) is 0 Å². The number of hydrogen-bond donors (Lipinski definition) is 1. The molecule has 0 unspecified atom stereocenters. The lowest BCUT2D eigenvalue weighted by Crippen LogP contribution is -2.39. The van der Waals surface area contributed by atoms with Crippen molar-refractivity contribution >= 4 is 17.6 Å². The number of halogens is 1. The van der Waals surface area contributed by atoms with Crippen molar-refractivity contribution in [3.8, 4) is 0 Å². The number of rotatable bonds is 7. The molecule has 144 valence electrons. The molecule has 26 heavy (non-hydrogen) atoms. The molecule has 2 fully saturated rings. The Hall–Kier alpha value is -1.30. The zero-order chi connectivity index (χ0) is 18.2. The standard InChI is InChI=1S/C20H30ClN3O2/c21-19-7-3-2-6-18(19)17-8-11-24(16-17)20(25)22-9-4-1-5-10-23-12-14-26-15-13-23/h2-3,6-7,17H,1,4-5,8-16H2,(H,22,25)/t17-/m1/s1. The first-order valence-corrected chi connectivity index (χ1v) is 10.2. The van der Waals surface area contributed by atoms with Crippen molar-refractivity contribution in [2.24, 2.45) is 0 Å². The Labute approximate surface area is 161 Å². The average Bonchev–Trinajstić information content (AvgIpc) is 3.15. The fourth-order valence-corrected chi connectivity index (χ4v) is 4.06. The molecular formula is C20H30ClN3O2. The van der Waals surface area contributed by atoms with E-state index >= 15 is 0 Å². The van der Waals surface area contributed by atoms with Crippen molar-refractivity contribution in [2.45, 2.75) is 31.6 Å². The van der Waals surface area contributed by atoms with Gasteiger partial charge in [-0.1, -0.05) is 36.2 Å². The van der Waals surface area contributed by atoms with Gasteiger partial charge in [0, 0.05) is 43.7 Å². The first-order chi connectivity index (χ1) is 12.7. The minimum absolute atomic E-state index is 0.0627. The quantitative estimate of drug-likeness (QED) is 0.739. The molecule has 1 aromatic carbocycles. The van der Waals surface area contributed by atoms with E-state index in [-0.39, 0.29) is 6.03 Å². The summed E-state index contributed by atoms with van der Waals surface area (Å²) in [5, 5.41) is 3.88. The van der Waals surface area contributed by atoms with Crippen LogP contribution in [0.15, 0.2) is 24.3 Å². The monoisotopic (exact) mass is 379 g/mol. The van der Waals surface area contributed by atoms with Gasteiger partial charge in [0.05, 0.1) is 13.2 Å². The summed E-state index contributed by atoms with van der Waals surface area (Å²) < 4.78 is 5.36. The number of nitrogens with zero attached hydrogens (tertiary/aromatic N) is 2. The Morgan fingerprint density at radius 2 is 1.96 bits per heavy atom. The minimum Gasteiger partial charge on any atom is -0.379 e. The molecule has 3 rings (SSSR count). The zero-order valence-electron chi connectivity index (χ0n) is 15.5. The molecule has 1 atom stereocenters. The van der Waals surface area contributed by atoms with Gasteiger partial charge in [-0.2, -0.15) is 0 Å². The first kappa shape index (κ1) is 19.5. The predicted molar refractivity (Wildman–Crippen MR) is 105 cm³/mol. The number of unbranched alkanes of at least 4 members (excludes halogenated alkanes) is 2. The number of amides is 2. The minimum atomic E-state index is 0.0627. The molecule has 2 aliphatic rings. The Bertz CT molecular complexity index is 578. The number of urea groups is 1. The highest BCUT2D eigenvalue weighted by atomic mass is 35.5. The molecule has 5 nitrogen and oxygen atoms in total. The van der Waals surface area contributed by atoms with E-state index in [2.05, 4.69) is 16.3 Å². The largest absolute Gasteiger partial charge is 0.379 e. The van der Waals surface area contributed by atoms with E-state index < -0.39 is 0 Å². The molecule has 0 aromatic heterocycles. The number of nitrogens with one attached hydrogen (secondary N) is 1. The normalized spacial score (nSPS) is 21.1. The topological polar surface area (TPSA) is 44.8 Å². The number of carbonyl (C=O) groups excluding carboxylic acids is 1. The van der Waals surface area contributed by atoms with Crippen molar-refractivity contribution in [3.05, 3.63) is 34.9 Å². The van der Waals surface area contributed by atoms with E-state index in [9.17, 15) is 4.79 Å². The summed E-state index contributed by atoms with van der Waals surface area (Å²) in [5.41, 5.74) is 1.16. The number of ether oxygens (including phenoxy) is 1.